The fourth-order valence-electron chi connectivity index (χ4n) is 6.21. The molecule has 3 N–H and O–H groups in total. The highest BCUT2D eigenvalue weighted by molar-refractivity contribution is 6.00. The van der Waals surface area contributed by atoms with Crippen LogP contribution in [0.1, 0.15) is 79.4 Å². The quantitative estimate of drug-likeness (QED) is 0.192. The van der Waals surface area contributed by atoms with Gasteiger partial charge in [-0.1, -0.05) is 44.2 Å². The van der Waals surface area contributed by atoms with Crippen LogP contribution in [0.25, 0.3) is 5.65 Å². The molecule has 1 unspecified atom stereocenters. The molecule has 0 bridgehead atoms. The van der Waals surface area contributed by atoms with Gasteiger partial charge >= 0.3 is 5.97 Å². The number of ether oxygens (including phenoxy) is 2. The van der Waals surface area contributed by atoms with Crippen LogP contribution in [0.3, 0.4) is 0 Å². The third-order valence-electron chi connectivity index (χ3n) is 8.57. The molecule has 2 aromatic heterocycles. The van der Waals surface area contributed by atoms with Gasteiger partial charge in [-0.05, 0) is 62.6 Å². The van der Waals surface area contributed by atoms with Crippen molar-refractivity contribution in [2.45, 2.75) is 71.1 Å². The zero-order chi connectivity index (χ0) is 33.9. The van der Waals surface area contributed by atoms with Gasteiger partial charge in [0.25, 0.3) is 17.7 Å². The Labute approximate surface area is 271 Å². The van der Waals surface area contributed by atoms with Crippen LogP contribution in [0.15, 0.2) is 55.3 Å². The Balaban J connectivity index is 1.30. The van der Waals surface area contributed by atoms with Gasteiger partial charge in [-0.3, -0.25) is 19.2 Å². The van der Waals surface area contributed by atoms with Gasteiger partial charge < -0.3 is 25.4 Å². The Morgan fingerprint density at radius 1 is 1.23 bits per heavy atom. The minimum absolute atomic E-state index is 0.00689. The van der Waals surface area contributed by atoms with Crippen molar-refractivity contribution in [3.05, 3.63) is 78.0 Å². The molecule has 47 heavy (non-hydrogen) atoms. The van der Waals surface area contributed by atoms with E-state index in [-0.39, 0.29) is 66.4 Å². The van der Waals surface area contributed by atoms with Crippen molar-refractivity contribution >= 4 is 35.0 Å². The molecule has 12 nitrogen and oxygen atoms in total. The molecule has 0 saturated heterocycles. The maximum Gasteiger partial charge on any atom is 0.310 e. The maximum atomic E-state index is 14.7. The summed E-state index contributed by atoms with van der Waals surface area (Å²) in [7, 11) is 0. The van der Waals surface area contributed by atoms with Crippen molar-refractivity contribution in [3.63, 3.8) is 0 Å². The van der Waals surface area contributed by atoms with E-state index >= 15 is 0 Å². The number of hydrogen-bond acceptors (Lipinski definition) is 8. The van der Waals surface area contributed by atoms with Crippen LogP contribution >= 0.6 is 0 Å². The van der Waals surface area contributed by atoms with E-state index in [1.807, 2.05) is 6.92 Å². The van der Waals surface area contributed by atoms with E-state index in [9.17, 15) is 23.6 Å². The summed E-state index contributed by atoms with van der Waals surface area (Å²) in [6.45, 7) is 13.3. The highest BCUT2D eigenvalue weighted by Crippen LogP contribution is 2.40. The molecule has 13 heteroatoms. The third-order valence-corrected chi connectivity index (χ3v) is 8.57. The number of nitrogens with zero attached hydrogens (tertiary/aromatic N) is 3. The smallest absolute Gasteiger partial charge is 0.310 e. The average Bonchev–Trinajstić information content (AvgIpc) is 3.61. The zero-order valence-electron chi connectivity index (χ0n) is 26.7. The first-order valence-electron chi connectivity index (χ1n) is 15.6. The average molecular weight is 647 g/mol. The Kier molecular flexibility index (Phi) is 9.73. The monoisotopic (exact) mass is 646 g/mol. The first-order chi connectivity index (χ1) is 22.4. The lowest BCUT2D eigenvalue weighted by Crippen LogP contribution is -2.45. The molecule has 1 fully saturated rings. The maximum absolute atomic E-state index is 14.7. The standard InChI is InChI=1S/C34H39FN6O6/c1-6-8-22-21(19(3)14-29(42)46-13-7-2)10-11-24(22)39-32(44)27-16-26(38-30-23(35)18-37-41(27)30)31(43)36-17-20-9-12-28-25(15-20)40-33(45)34(4,5)47-28/h7,9,12,15-16,18,21-22,24H,2-3,6,8,10-11,13-14,17H2,1,4-5H3,(H,36,43)(H,39,44)(H,40,45)/t21?,22-,24+/m1/s1. The summed E-state index contributed by atoms with van der Waals surface area (Å²) in [6, 6.07) is 6.18. The van der Waals surface area contributed by atoms with Crippen molar-refractivity contribution < 1.29 is 33.0 Å². The Bertz CT molecular complexity index is 1750. The SMILES string of the molecule is C=CCOC(=O)CC(=C)C1CC[C@H](NC(=O)c2cc(C(=O)NCc3ccc4c(c3)NC(=O)C(C)(C)O4)nc3c(F)cnn23)[C@@H]1CCC. The van der Waals surface area contributed by atoms with Gasteiger partial charge in [-0.2, -0.15) is 5.10 Å². The number of rotatable bonds is 12. The minimum Gasteiger partial charge on any atom is -0.476 e. The number of benzene rings is 1. The Hall–Kier alpha value is -5.07. The number of carbonyl (C=O) groups is 4. The summed E-state index contributed by atoms with van der Waals surface area (Å²) in [5.41, 5.74) is 0.416. The van der Waals surface area contributed by atoms with Crippen molar-refractivity contribution in [1.82, 2.24) is 25.2 Å². The number of esters is 1. The normalized spacial score (nSPS) is 19.7. The molecular weight excluding hydrogens is 607 g/mol. The Morgan fingerprint density at radius 2 is 2.02 bits per heavy atom. The summed E-state index contributed by atoms with van der Waals surface area (Å²) in [5.74, 6) is -2.08. The van der Waals surface area contributed by atoms with E-state index in [0.717, 1.165) is 35.5 Å². The molecule has 0 spiro atoms. The predicted molar refractivity (Wildman–Crippen MR) is 171 cm³/mol. The number of amides is 3. The molecule has 3 atom stereocenters. The molecule has 5 rings (SSSR count). The van der Waals surface area contributed by atoms with Crippen LogP contribution in [0.4, 0.5) is 10.1 Å². The van der Waals surface area contributed by atoms with Gasteiger partial charge in [0.05, 0.1) is 18.3 Å². The van der Waals surface area contributed by atoms with Crippen molar-refractivity contribution in [2.75, 3.05) is 11.9 Å². The lowest BCUT2D eigenvalue weighted by Gasteiger charge is -2.31. The van der Waals surface area contributed by atoms with Crippen LogP contribution in [-0.4, -0.2) is 56.5 Å². The van der Waals surface area contributed by atoms with Crippen LogP contribution in [-0.2, 0) is 20.9 Å². The first kappa shape index (κ1) is 33.3. The molecule has 3 aromatic rings. The molecule has 248 valence electrons. The topological polar surface area (TPSA) is 153 Å². The fourth-order valence-corrected chi connectivity index (χ4v) is 6.21. The highest BCUT2D eigenvalue weighted by Gasteiger charge is 2.39. The van der Waals surface area contributed by atoms with Crippen molar-refractivity contribution in [2.24, 2.45) is 11.8 Å². The van der Waals surface area contributed by atoms with Gasteiger partial charge in [-0.25, -0.2) is 13.9 Å². The van der Waals surface area contributed by atoms with E-state index < -0.39 is 23.2 Å². The van der Waals surface area contributed by atoms with Gasteiger partial charge in [0.1, 0.15) is 23.7 Å². The summed E-state index contributed by atoms with van der Waals surface area (Å²) in [5, 5.41) is 12.6. The second-order valence-corrected chi connectivity index (χ2v) is 12.4. The van der Waals surface area contributed by atoms with Gasteiger partial charge in [0.15, 0.2) is 17.1 Å². The number of carbonyl (C=O) groups excluding carboxylic acids is 4. The summed E-state index contributed by atoms with van der Waals surface area (Å²) in [6.07, 6.45) is 5.56. The van der Waals surface area contributed by atoms with Crippen LogP contribution < -0.4 is 20.7 Å². The minimum atomic E-state index is -1.01. The van der Waals surface area contributed by atoms with Crippen LogP contribution in [0, 0.1) is 17.7 Å². The van der Waals surface area contributed by atoms with E-state index in [2.05, 4.69) is 39.2 Å². The zero-order valence-corrected chi connectivity index (χ0v) is 26.7. The number of halogens is 1. The second-order valence-electron chi connectivity index (χ2n) is 12.4. The van der Waals surface area contributed by atoms with Gasteiger partial charge in [-0.15, -0.1) is 0 Å². The molecule has 2 aliphatic rings. The van der Waals surface area contributed by atoms with Crippen molar-refractivity contribution in [3.8, 4) is 5.75 Å². The number of hydrogen-bond donors (Lipinski definition) is 3. The van der Waals surface area contributed by atoms with Gasteiger partial charge in [0.2, 0.25) is 0 Å². The summed E-state index contributed by atoms with van der Waals surface area (Å²) < 4.78 is 26.7. The van der Waals surface area contributed by atoms with E-state index in [0.29, 0.717) is 23.4 Å². The number of fused-ring (bicyclic) bond motifs is 2. The predicted octanol–water partition coefficient (Wildman–Crippen LogP) is 4.51. The number of nitrogens with one attached hydrogen (secondary N) is 3. The van der Waals surface area contributed by atoms with E-state index in [4.69, 9.17) is 9.47 Å². The molecule has 3 amide bonds. The lowest BCUT2D eigenvalue weighted by molar-refractivity contribution is -0.141. The summed E-state index contributed by atoms with van der Waals surface area (Å²) >= 11 is 0. The lowest BCUT2D eigenvalue weighted by atomic mass is 9.83. The van der Waals surface area contributed by atoms with E-state index in [1.54, 1.807) is 32.0 Å². The molecule has 1 aliphatic heterocycles. The number of anilines is 1. The summed E-state index contributed by atoms with van der Waals surface area (Å²) in [4.78, 5) is 55.6. The fraction of sp³-hybridized carbons (Fsp3) is 0.412. The van der Waals surface area contributed by atoms with Crippen LogP contribution in [0.5, 0.6) is 5.75 Å². The Morgan fingerprint density at radius 3 is 2.77 bits per heavy atom. The molecular formula is C34H39FN6O6. The molecule has 0 radical (unpaired) electrons. The largest absolute Gasteiger partial charge is 0.476 e. The van der Waals surface area contributed by atoms with Gasteiger partial charge in [0, 0.05) is 18.7 Å². The third kappa shape index (κ3) is 7.18. The molecule has 3 heterocycles. The van der Waals surface area contributed by atoms with Crippen LogP contribution in [0.2, 0.25) is 0 Å². The first-order valence-corrected chi connectivity index (χ1v) is 15.6. The molecule has 1 aliphatic carbocycles. The molecule has 1 aromatic carbocycles. The van der Waals surface area contributed by atoms with E-state index in [1.165, 1.54) is 12.1 Å². The second kappa shape index (κ2) is 13.7. The number of aromatic nitrogens is 3. The highest BCUT2D eigenvalue weighted by atomic mass is 19.1. The molecule has 1 saturated carbocycles. The van der Waals surface area contributed by atoms with Crippen molar-refractivity contribution in [1.29, 1.82) is 0 Å².